The molecule has 1 heterocycles. The second-order valence-electron chi connectivity index (χ2n) is 6.35. The van der Waals surface area contributed by atoms with Crippen LogP contribution in [-0.4, -0.2) is 48.7 Å². The molecule has 8 heteroatoms. The van der Waals surface area contributed by atoms with Gasteiger partial charge >= 0.3 is 5.97 Å². The number of carboxylic acids is 1. The summed E-state index contributed by atoms with van der Waals surface area (Å²) in [6.07, 6.45) is 1.79. The molecule has 0 spiro atoms. The Labute approximate surface area is 157 Å². The zero-order chi connectivity index (χ0) is 19.7. The van der Waals surface area contributed by atoms with Crippen molar-refractivity contribution < 1.29 is 24.2 Å². The summed E-state index contributed by atoms with van der Waals surface area (Å²) in [6.45, 7) is 2.42. The average molecular weight is 628 g/mol. The number of rotatable bonds is 5. The summed E-state index contributed by atoms with van der Waals surface area (Å²) < 4.78 is 5.05. The van der Waals surface area contributed by atoms with Crippen LogP contribution in [0, 0.1) is 6.92 Å². The topological polar surface area (TPSA) is 105 Å². The van der Waals surface area contributed by atoms with E-state index >= 15 is 0 Å². The van der Waals surface area contributed by atoms with E-state index in [0.29, 0.717) is 13.2 Å². The van der Waals surface area contributed by atoms with Gasteiger partial charge in [-0.15, -0.1) is 0 Å². The Hall–Kier alpha value is -3.93. The molecule has 3 rings (SSSR count). The van der Waals surface area contributed by atoms with Gasteiger partial charge in [-0.05, 0) is 17.7 Å². The molecule has 1 aliphatic rings. The molecule has 0 unspecified atom stereocenters. The minimum atomic E-state index is -1.28. The minimum Gasteiger partial charge on any atom is -0.522 e. The number of fused-ring (bicyclic) bond motifs is 1. The number of carboxylic acid groups (broad SMARTS) is 1. The van der Waals surface area contributed by atoms with Crippen molar-refractivity contribution in [2.45, 2.75) is 25.3 Å². The number of benzene rings is 2. The molecule has 0 saturated carbocycles. The van der Waals surface area contributed by atoms with E-state index in [2.05, 4.69) is 60.0 Å². The molecule has 156 valence electrons. The number of hydrogen-bond donors (Lipinski definition) is 3. The summed E-state index contributed by atoms with van der Waals surface area (Å²) in [4.78, 5) is 32.3. The molecular formula is C20H23FmN2O5-. The molecule has 0 atom stereocenters. The maximum atomic E-state index is 11.3. The van der Waals surface area contributed by atoms with Crippen molar-refractivity contribution in [3.63, 3.8) is 0 Å². The number of amides is 2. The SMILES string of the molecule is Cc1ccc2ccccc2c1.O=[C-]NCC(=O)NC1(C(=O)O)CCOCC1.[Fm]. The van der Waals surface area contributed by atoms with Crippen molar-refractivity contribution in [1.29, 1.82) is 0 Å². The van der Waals surface area contributed by atoms with Crippen LogP contribution in [0.3, 0.4) is 0 Å². The maximum absolute atomic E-state index is 11.3. The molecule has 2 aromatic carbocycles. The van der Waals surface area contributed by atoms with E-state index in [0.717, 1.165) is 0 Å². The zero-order valence-corrected chi connectivity index (χ0v) is 17.8. The van der Waals surface area contributed by atoms with E-state index in [4.69, 9.17) is 9.84 Å². The molecule has 0 radical (unpaired) electrons. The van der Waals surface area contributed by atoms with Crippen molar-refractivity contribution in [2.24, 2.45) is 0 Å². The van der Waals surface area contributed by atoms with Crippen molar-refractivity contribution in [2.75, 3.05) is 19.8 Å². The molecule has 3 N–H and O–H groups in total. The zero-order valence-electron chi connectivity index (χ0n) is 15.4. The molecule has 1 aliphatic heterocycles. The van der Waals surface area contributed by atoms with Gasteiger partial charge in [-0.25, -0.2) is 4.79 Å². The fraction of sp³-hybridized carbons (Fsp3) is 0.350. The Morgan fingerprint density at radius 1 is 1.14 bits per heavy atom. The second kappa shape index (κ2) is 10.3. The van der Waals surface area contributed by atoms with E-state index in [-0.39, 0.29) is 19.4 Å². The number of aliphatic carboxylic acids is 1. The molecule has 0 aliphatic carbocycles. The summed E-state index contributed by atoms with van der Waals surface area (Å²) in [5, 5.41) is 16.2. The summed E-state index contributed by atoms with van der Waals surface area (Å²) in [5.74, 6) is -1.63. The molecule has 2 amide bonds. The third-order valence-corrected chi connectivity index (χ3v) is 4.36. The van der Waals surface area contributed by atoms with Gasteiger partial charge in [0, 0.05) is 26.1 Å². The summed E-state index contributed by atoms with van der Waals surface area (Å²) >= 11 is 0. The Morgan fingerprint density at radius 3 is 2.39 bits per heavy atom. The predicted molar refractivity (Wildman–Crippen MR) is 101 cm³/mol. The van der Waals surface area contributed by atoms with Gasteiger partial charge in [0.2, 0.25) is 5.91 Å². The van der Waals surface area contributed by atoms with E-state index in [1.54, 1.807) is 0 Å². The number of carbonyl (C=O) groups is 2. The van der Waals surface area contributed by atoms with E-state index in [1.807, 2.05) is 0 Å². The fourth-order valence-electron chi connectivity index (χ4n) is 2.85. The summed E-state index contributed by atoms with van der Waals surface area (Å²) in [7, 11) is 0. The van der Waals surface area contributed by atoms with Crippen molar-refractivity contribution in [1.82, 2.24) is 10.6 Å². The first-order chi connectivity index (χ1) is 13.0. The normalized spacial score (nSPS) is 14.6. The smallest absolute Gasteiger partial charge is 0.329 e. The minimum absolute atomic E-state index is 0. The van der Waals surface area contributed by atoms with Gasteiger partial charge in [0.15, 0.2) is 0 Å². The van der Waals surface area contributed by atoms with E-state index < -0.39 is 17.4 Å². The first-order valence-corrected chi connectivity index (χ1v) is 8.64. The van der Waals surface area contributed by atoms with Gasteiger partial charge in [-0.1, -0.05) is 48.0 Å². The monoisotopic (exact) mass is 628 g/mol. The van der Waals surface area contributed by atoms with Crippen LogP contribution in [-0.2, 0) is 19.1 Å². The molecule has 1 fully saturated rings. The van der Waals surface area contributed by atoms with Gasteiger partial charge < -0.3 is 25.3 Å². The third-order valence-electron chi connectivity index (χ3n) is 4.36. The second-order valence-corrected chi connectivity index (χ2v) is 6.35. The van der Waals surface area contributed by atoms with Crippen LogP contribution < -0.4 is 10.6 Å². The Kier molecular flexibility index (Phi) is 8.11. The molecule has 0 aromatic heterocycles. The van der Waals surface area contributed by atoms with Crippen LogP contribution in [0.1, 0.15) is 18.4 Å². The van der Waals surface area contributed by atoms with Gasteiger partial charge in [0.1, 0.15) is 5.54 Å². The fourth-order valence-corrected chi connectivity index (χ4v) is 2.85. The van der Waals surface area contributed by atoms with Gasteiger partial charge in [0.05, 0.1) is 6.54 Å². The summed E-state index contributed by atoms with van der Waals surface area (Å²) in [5.41, 5.74) is 0.0450. The van der Waals surface area contributed by atoms with Crippen molar-refractivity contribution >= 4 is 29.1 Å². The van der Waals surface area contributed by atoms with E-state index in [9.17, 15) is 14.4 Å². The van der Waals surface area contributed by atoms with Gasteiger partial charge in [-0.3, -0.25) is 4.79 Å². The van der Waals surface area contributed by atoms with Crippen molar-refractivity contribution in [3.8, 4) is 0 Å². The Balaban J connectivity index is 0.000000285. The standard InChI is InChI=1S/C11H10.C9H13N2O5.Fm/c1-9-6-7-10-4-2-3-5-11(10)8-9;12-6-10-5-7(13)11-9(8(14)15)1-3-16-4-2-9;/h2-8H,1H3;1-5H2,(H,10,12)(H,11,13)(H,14,15);/q;-1;. The number of ether oxygens (including phenoxy) is 1. The number of aryl methyl sites for hydroxylation is 1. The molecule has 1 saturated heterocycles. The van der Waals surface area contributed by atoms with Crippen LogP contribution in [0.5, 0.6) is 0 Å². The van der Waals surface area contributed by atoms with Gasteiger partial charge in [0.25, 0.3) is 0 Å². The van der Waals surface area contributed by atoms with Crippen LogP contribution in [0.15, 0.2) is 42.5 Å². The number of nitrogens with one attached hydrogen (secondary N) is 2. The third kappa shape index (κ3) is 5.81. The van der Waals surface area contributed by atoms with E-state index in [1.165, 1.54) is 22.7 Å². The first-order valence-electron chi connectivity index (χ1n) is 8.64. The largest absolute Gasteiger partial charge is 0.522 e. The van der Waals surface area contributed by atoms with Crippen molar-refractivity contribution in [3.05, 3.63) is 48.0 Å². The molecule has 7 nitrogen and oxygen atoms in total. The predicted octanol–water partition coefficient (Wildman–Crippen LogP) is 1.54. The average Bonchev–Trinajstić information content (AvgIpc) is 2.67. The molecule has 0 bridgehead atoms. The van der Waals surface area contributed by atoms with Crippen LogP contribution in [0.25, 0.3) is 10.8 Å². The first kappa shape index (κ1) is 22.1. The van der Waals surface area contributed by atoms with Crippen LogP contribution >= 0.6 is 0 Å². The van der Waals surface area contributed by atoms with Crippen LogP contribution in [0.2, 0.25) is 0 Å². The Morgan fingerprint density at radius 2 is 1.79 bits per heavy atom. The number of hydrogen-bond acceptors (Lipinski definition) is 4. The van der Waals surface area contributed by atoms with Gasteiger partial charge in [-0.2, -0.15) is 6.41 Å². The number of carbonyl (C=O) groups excluding carboxylic acids is 2. The molecular weight excluding hydrogens is 605 g/mol. The molecule has 28 heavy (non-hydrogen) atoms. The quantitative estimate of drug-likeness (QED) is 0.345. The summed E-state index contributed by atoms with van der Waals surface area (Å²) in [6, 6.07) is 14.9. The molecule has 2 aromatic rings. The van der Waals surface area contributed by atoms with Crippen LogP contribution in [0.4, 0.5) is 0 Å². The maximum Gasteiger partial charge on any atom is 0.329 e. The Bertz CT molecular complexity index is 806.